The first-order chi connectivity index (χ1) is 8.26. The number of hydrogen-bond acceptors (Lipinski definition) is 3. The molecule has 17 heavy (non-hydrogen) atoms. The third-order valence-corrected chi connectivity index (χ3v) is 5.48. The highest BCUT2D eigenvalue weighted by Crippen LogP contribution is 2.22. The smallest absolute Gasteiger partial charge is 0.501 e. The van der Waals surface area contributed by atoms with Gasteiger partial charge in [0.1, 0.15) is 5.75 Å². The Bertz CT molecular complexity index is 299. The molecule has 0 aliphatic rings. The molecule has 0 aliphatic heterocycles. The molecular weight excluding hydrogens is 232 g/mol. The quantitative estimate of drug-likeness (QED) is 0.525. The molecule has 3 nitrogen and oxygen atoms in total. The molecule has 0 radical (unpaired) electrons. The van der Waals surface area contributed by atoms with Gasteiger partial charge in [-0.15, -0.1) is 0 Å². The van der Waals surface area contributed by atoms with Crippen molar-refractivity contribution in [3.63, 3.8) is 0 Å². The molecule has 0 atom stereocenters. The van der Waals surface area contributed by atoms with E-state index in [0.717, 1.165) is 18.2 Å². The van der Waals surface area contributed by atoms with Crippen LogP contribution < -0.4 is 4.43 Å². The Morgan fingerprint density at radius 1 is 1.00 bits per heavy atom. The summed E-state index contributed by atoms with van der Waals surface area (Å²) < 4.78 is 17.0. The lowest BCUT2D eigenvalue weighted by Gasteiger charge is -2.26. The molecule has 1 aromatic rings. The van der Waals surface area contributed by atoms with Crippen molar-refractivity contribution >= 4 is 8.80 Å². The maximum absolute atomic E-state index is 5.94. The molecule has 96 valence electrons. The number of para-hydroxylation sites is 1. The Hall–Kier alpha value is -0.843. The fourth-order valence-corrected chi connectivity index (χ4v) is 3.70. The minimum absolute atomic E-state index is 0.819. The van der Waals surface area contributed by atoms with Crippen molar-refractivity contribution in [2.75, 3.05) is 14.2 Å². The topological polar surface area (TPSA) is 27.7 Å². The Balaban J connectivity index is 2.63. The van der Waals surface area contributed by atoms with E-state index in [2.05, 4.69) is 6.92 Å². The maximum atomic E-state index is 5.94. The van der Waals surface area contributed by atoms with Gasteiger partial charge in [0.15, 0.2) is 0 Å². The first kappa shape index (κ1) is 14.2. The van der Waals surface area contributed by atoms with Gasteiger partial charge in [0.05, 0.1) is 0 Å². The van der Waals surface area contributed by atoms with Gasteiger partial charge < -0.3 is 13.3 Å². The number of hydrogen-bond donors (Lipinski definition) is 0. The fraction of sp³-hybridized carbons (Fsp3) is 0.538. The molecule has 0 unspecified atom stereocenters. The molecule has 0 aliphatic carbocycles. The van der Waals surface area contributed by atoms with Gasteiger partial charge in [0.25, 0.3) is 0 Å². The molecule has 1 rings (SSSR count). The van der Waals surface area contributed by atoms with Gasteiger partial charge in [-0.05, 0) is 18.6 Å². The highest BCUT2D eigenvalue weighted by molar-refractivity contribution is 6.61. The van der Waals surface area contributed by atoms with Crippen molar-refractivity contribution in [2.24, 2.45) is 0 Å². The number of benzene rings is 1. The molecule has 0 saturated carbocycles. The summed E-state index contributed by atoms with van der Waals surface area (Å²) in [4.78, 5) is 0. The van der Waals surface area contributed by atoms with Crippen LogP contribution in [-0.4, -0.2) is 23.0 Å². The largest absolute Gasteiger partial charge is 0.565 e. The van der Waals surface area contributed by atoms with Crippen LogP contribution in [0.25, 0.3) is 0 Å². The fourth-order valence-electron chi connectivity index (χ4n) is 1.68. The minimum atomic E-state index is -2.52. The van der Waals surface area contributed by atoms with E-state index in [9.17, 15) is 0 Å². The Labute approximate surface area is 105 Å². The zero-order valence-electron chi connectivity index (χ0n) is 10.9. The van der Waals surface area contributed by atoms with Crippen LogP contribution in [-0.2, 0) is 8.85 Å². The lowest BCUT2D eigenvalue weighted by Crippen LogP contribution is -2.46. The molecule has 0 N–H and O–H groups in total. The predicted octanol–water partition coefficient (Wildman–Crippen LogP) is 3.49. The Morgan fingerprint density at radius 2 is 1.65 bits per heavy atom. The summed E-state index contributed by atoms with van der Waals surface area (Å²) in [7, 11) is 0.821. The zero-order chi connectivity index (χ0) is 12.6. The van der Waals surface area contributed by atoms with Crippen molar-refractivity contribution in [3.05, 3.63) is 30.3 Å². The van der Waals surface area contributed by atoms with Crippen LogP contribution in [0.2, 0.25) is 6.04 Å². The van der Waals surface area contributed by atoms with E-state index < -0.39 is 8.80 Å². The van der Waals surface area contributed by atoms with Crippen LogP contribution in [0.15, 0.2) is 30.3 Å². The summed E-state index contributed by atoms with van der Waals surface area (Å²) >= 11 is 0. The van der Waals surface area contributed by atoms with Gasteiger partial charge >= 0.3 is 8.80 Å². The van der Waals surface area contributed by atoms with Gasteiger partial charge in [-0.3, -0.25) is 0 Å². The van der Waals surface area contributed by atoms with Gasteiger partial charge in [-0.25, -0.2) is 0 Å². The molecule has 0 bridgehead atoms. The van der Waals surface area contributed by atoms with Crippen molar-refractivity contribution in [1.29, 1.82) is 0 Å². The van der Waals surface area contributed by atoms with Crippen LogP contribution >= 0.6 is 0 Å². The lowest BCUT2D eigenvalue weighted by atomic mass is 10.3. The molecule has 0 amide bonds. The Morgan fingerprint density at radius 3 is 2.18 bits per heavy atom. The predicted molar refractivity (Wildman–Crippen MR) is 71.2 cm³/mol. The zero-order valence-corrected chi connectivity index (χ0v) is 11.9. The standard InChI is InChI=1S/C13H22O3Si/c1-4-5-9-12-17(14-2,15-3)16-13-10-7-6-8-11-13/h6-8,10-11H,4-5,9,12H2,1-3H3. The van der Waals surface area contributed by atoms with Gasteiger partial charge in [-0.2, -0.15) is 0 Å². The van der Waals surface area contributed by atoms with E-state index in [4.69, 9.17) is 13.3 Å². The van der Waals surface area contributed by atoms with Crippen molar-refractivity contribution in [3.8, 4) is 5.75 Å². The van der Waals surface area contributed by atoms with E-state index in [1.807, 2.05) is 30.3 Å². The average molecular weight is 254 g/mol. The summed E-state index contributed by atoms with van der Waals surface area (Å²) in [5.41, 5.74) is 0. The summed E-state index contributed by atoms with van der Waals surface area (Å²) in [5, 5.41) is 0. The van der Waals surface area contributed by atoms with E-state index >= 15 is 0 Å². The number of rotatable bonds is 8. The van der Waals surface area contributed by atoms with Crippen LogP contribution in [0.4, 0.5) is 0 Å². The highest BCUT2D eigenvalue weighted by Gasteiger charge is 2.40. The third kappa shape index (κ3) is 4.50. The summed E-state index contributed by atoms with van der Waals surface area (Å²) in [6.45, 7) is 2.18. The van der Waals surface area contributed by atoms with Crippen LogP contribution in [0.5, 0.6) is 5.75 Å². The Kier molecular flexibility index (Phi) is 6.25. The normalized spacial score (nSPS) is 11.5. The first-order valence-corrected chi connectivity index (χ1v) is 8.04. The van der Waals surface area contributed by atoms with Crippen LogP contribution in [0.3, 0.4) is 0 Å². The SMILES string of the molecule is CCCCC[Si](OC)(OC)Oc1ccccc1. The lowest BCUT2D eigenvalue weighted by molar-refractivity contribution is 0.159. The van der Waals surface area contributed by atoms with E-state index in [1.165, 1.54) is 12.8 Å². The average Bonchev–Trinajstić information content (AvgIpc) is 2.39. The van der Waals surface area contributed by atoms with Gasteiger partial charge in [-0.1, -0.05) is 38.0 Å². The summed E-state index contributed by atoms with van der Waals surface area (Å²) in [6, 6.07) is 10.6. The van der Waals surface area contributed by atoms with Crippen molar-refractivity contribution in [2.45, 2.75) is 32.2 Å². The molecule has 0 spiro atoms. The third-order valence-electron chi connectivity index (χ3n) is 2.73. The number of unbranched alkanes of at least 4 members (excludes halogenated alkanes) is 2. The van der Waals surface area contributed by atoms with Gasteiger partial charge in [0, 0.05) is 20.3 Å². The second kappa shape index (κ2) is 7.48. The van der Waals surface area contributed by atoms with E-state index in [0.29, 0.717) is 0 Å². The van der Waals surface area contributed by atoms with E-state index in [1.54, 1.807) is 14.2 Å². The van der Waals surface area contributed by atoms with E-state index in [-0.39, 0.29) is 0 Å². The monoisotopic (exact) mass is 254 g/mol. The molecule has 0 fully saturated rings. The molecular formula is C13H22O3Si. The molecule has 4 heteroatoms. The van der Waals surface area contributed by atoms with Gasteiger partial charge in [0.2, 0.25) is 0 Å². The summed E-state index contributed by atoms with van der Waals surface area (Å²) in [6.07, 6.45) is 3.44. The highest BCUT2D eigenvalue weighted by atomic mass is 28.4. The van der Waals surface area contributed by atoms with Crippen molar-refractivity contribution < 1.29 is 13.3 Å². The molecule has 0 saturated heterocycles. The minimum Gasteiger partial charge on any atom is -0.501 e. The first-order valence-electron chi connectivity index (χ1n) is 6.10. The molecule has 0 aromatic heterocycles. The molecule has 0 heterocycles. The molecule has 1 aromatic carbocycles. The second-order valence-electron chi connectivity index (χ2n) is 3.96. The second-order valence-corrected chi connectivity index (χ2v) is 6.85. The van der Waals surface area contributed by atoms with Crippen LogP contribution in [0.1, 0.15) is 26.2 Å². The van der Waals surface area contributed by atoms with Crippen LogP contribution in [0, 0.1) is 0 Å². The van der Waals surface area contributed by atoms with Crippen molar-refractivity contribution in [1.82, 2.24) is 0 Å². The maximum Gasteiger partial charge on any atom is 0.565 e. The summed E-state index contributed by atoms with van der Waals surface area (Å²) in [5.74, 6) is 0.819.